The number of hydrogen-bond donors (Lipinski definition) is 1. The van der Waals surface area contributed by atoms with Gasteiger partial charge in [0.25, 0.3) is 0 Å². The van der Waals surface area contributed by atoms with Crippen molar-refractivity contribution in [2.45, 2.75) is 75.9 Å². The predicted octanol–water partition coefficient (Wildman–Crippen LogP) is 2.29. The number of rotatable bonds is 6. The quantitative estimate of drug-likeness (QED) is 0.849. The molecule has 4 fully saturated rings. The maximum absolute atomic E-state index is 12.8. The van der Waals surface area contributed by atoms with Crippen LogP contribution in [-0.2, 0) is 23.3 Å². The lowest BCUT2D eigenvalue weighted by molar-refractivity contribution is -0.130. The normalized spacial score (nSPS) is 34.1. The van der Waals surface area contributed by atoms with Crippen LogP contribution in [0.1, 0.15) is 57.7 Å². The number of amides is 1. The first-order chi connectivity index (χ1) is 13.1. The molecule has 0 saturated heterocycles. The van der Waals surface area contributed by atoms with Crippen LogP contribution in [-0.4, -0.2) is 35.8 Å². The van der Waals surface area contributed by atoms with Gasteiger partial charge in [0.15, 0.2) is 0 Å². The third kappa shape index (κ3) is 2.87. The Bertz CT molecular complexity index is 811. The highest BCUT2D eigenvalue weighted by molar-refractivity contribution is 5.76. The minimum Gasteiger partial charge on any atom is -0.350 e. The van der Waals surface area contributed by atoms with Crippen molar-refractivity contribution in [2.75, 3.05) is 0 Å². The Labute approximate surface area is 159 Å². The zero-order valence-electron chi connectivity index (χ0n) is 16.0. The van der Waals surface area contributed by atoms with Crippen molar-refractivity contribution < 1.29 is 4.79 Å². The maximum atomic E-state index is 12.8. The van der Waals surface area contributed by atoms with Gasteiger partial charge in [0.05, 0.1) is 5.54 Å². The summed E-state index contributed by atoms with van der Waals surface area (Å²) in [5.41, 5.74) is -0.0107. The molecule has 2 aromatic rings. The molecule has 6 rings (SSSR count). The third-order valence-corrected chi connectivity index (χ3v) is 7.04. The molecular formula is C20H28N6O. The smallest absolute Gasteiger partial charge is 0.222 e. The van der Waals surface area contributed by atoms with Crippen molar-refractivity contribution in [3.8, 4) is 0 Å². The number of nitrogens with zero attached hydrogens (tertiary/aromatic N) is 5. The van der Waals surface area contributed by atoms with Crippen LogP contribution in [0.25, 0.3) is 0 Å². The van der Waals surface area contributed by atoms with Gasteiger partial charge in [-0.15, -0.1) is 0 Å². The summed E-state index contributed by atoms with van der Waals surface area (Å²) in [7, 11) is 0. The number of aromatic nitrogens is 5. The molecule has 4 aliphatic rings. The van der Waals surface area contributed by atoms with E-state index >= 15 is 0 Å². The Morgan fingerprint density at radius 1 is 1.30 bits per heavy atom. The monoisotopic (exact) mass is 368 g/mol. The first-order valence-corrected chi connectivity index (χ1v) is 10.3. The second kappa shape index (κ2) is 6.17. The van der Waals surface area contributed by atoms with Crippen molar-refractivity contribution >= 4 is 5.91 Å². The van der Waals surface area contributed by atoms with Gasteiger partial charge in [0, 0.05) is 37.3 Å². The zero-order chi connectivity index (χ0) is 18.5. The molecule has 2 unspecified atom stereocenters. The number of nitrogens with one attached hydrogen (secondary N) is 1. The van der Waals surface area contributed by atoms with Gasteiger partial charge in [0.2, 0.25) is 5.91 Å². The Hall–Kier alpha value is -2.18. The molecule has 0 radical (unpaired) electrons. The van der Waals surface area contributed by atoms with Crippen LogP contribution in [0.3, 0.4) is 0 Å². The van der Waals surface area contributed by atoms with Crippen molar-refractivity contribution in [2.24, 2.45) is 11.8 Å². The molecule has 2 heterocycles. The third-order valence-electron chi connectivity index (χ3n) is 7.04. The van der Waals surface area contributed by atoms with E-state index in [2.05, 4.69) is 36.6 Å². The van der Waals surface area contributed by atoms with E-state index in [0.717, 1.165) is 31.5 Å². The summed E-state index contributed by atoms with van der Waals surface area (Å²) in [5, 5.41) is 7.97. The van der Waals surface area contributed by atoms with Crippen LogP contribution in [0, 0.1) is 11.8 Å². The minimum absolute atomic E-state index is 0.0492. The molecule has 4 bridgehead atoms. The van der Waals surface area contributed by atoms with E-state index in [4.69, 9.17) is 0 Å². The number of hydrogen-bond acceptors (Lipinski definition) is 4. The SMILES string of the molecule is CCc1nccn1CCC(=O)NC12CC3CC(C1)CC(n1cncn1)(C3)C2. The number of aryl methyl sites for hydroxylation is 2. The second-order valence-electron chi connectivity index (χ2n) is 8.99. The Kier molecular flexibility index (Phi) is 3.88. The van der Waals surface area contributed by atoms with E-state index in [9.17, 15) is 4.79 Å². The molecule has 1 amide bonds. The number of imidazole rings is 1. The van der Waals surface area contributed by atoms with Crippen LogP contribution < -0.4 is 5.32 Å². The average Bonchev–Trinajstić information content (AvgIpc) is 3.30. The number of carbonyl (C=O) groups excluding carboxylic acids is 1. The topological polar surface area (TPSA) is 77.6 Å². The average molecular weight is 368 g/mol. The fourth-order valence-corrected chi connectivity index (χ4v) is 6.52. The van der Waals surface area contributed by atoms with Crippen LogP contribution in [0.2, 0.25) is 0 Å². The van der Waals surface area contributed by atoms with Gasteiger partial charge in [0.1, 0.15) is 18.5 Å². The molecule has 2 aromatic heterocycles. The largest absolute Gasteiger partial charge is 0.350 e. The fourth-order valence-electron chi connectivity index (χ4n) is 6.52. The van der Waals surface area contributed by atoms with Crippen LogP contribution >= 0.6 is 0 Å². The molecule has 0 aliphatic heterocycles. The summed E-state index contributed by atoms with van der Waals surface area (Å²) >= 11 is 0. The summed E-state index contributed by atoms with van der Waals surface area (Å²) in [5.74, 6) is 2.59. The van der Waals surface area contributed by atoms with Crippen molar-refractivity contribution in [3.05, 3.63) is 30.9 Å². The lowest BCUT2D eigenvalue weighted by Crippen LogP contribution is -2.66. The van der Waals surface area contributed by atoms with Gasteiger partial charge < -0.3 is 9.88 Å². The maximum Gasteiger partial charge on any atom is 0.222 e. The standard InChI is InChI=1S/C20H28N6O/c1-2-17-22-4-6-25(17)5-3-18(27)24-19-8-15-7-16(9-19)11-20(10-15,12-19)26-14-21-13-23-26/h4,6,13-16H,2-3,5,7-12H2,1H3,(H,24,27). The first-order valence-electron chi connectivity index (χ1n) is 10.3. The van der Waals surface area contributed by atoms with Gasteiger partial charge in [-0.1, -0.05) is 6.92 Å². The van der Waals surface area contributed by atoms with Crippen molar-refractivity contribution in [1.29, 1.82) is 0 Å². The molecule has 144 valence electrons. The molecular weight excluding hydrogens is 340 g/mol. The van der Waals surface area contributed by atoms with Crippen LogP contribution in [0.15, 0.2) is 25.0 Å². The molecule has 27 heavy (non-hydrogen) atoms. The lowest BCUT2D eigenvalue weighted by Gasteiger charge is -2.61. The summed E-state index contributed by atoms with van der Waals surface area (Å²) < 4.78 is 4.18. The Balaban J connectivity index is 1.30. The van der Waals surface area contributed by atoms with E-state index < -0.39 is 0 Å². The molecule has 2 atom stereocenters. The Morgan fingerprint density at radius 2 is 2.11 bits per heavy atom. The molecule has 4 saturated carbocycles. The molecule has 7 nitrogen and oxygen atoms in total. The van der Waals surface area contributed by atoms with Gasteiger partial charge >= 0.3 is 0 Å². The van der Waals surface area contributed by atoms with E-state index in [1.165, 1.54) is 19.3 Å². The van der Waals surface area contributed by atoms with Crippen molar-refractivity contribution in [3.63, 3.8) is 0 Å². The Morgan fingerprint density at radius 3 is 2.81 bits per heavy atom. The summed E-state index contributed by atoms with van der Waals surface area (Å²) in [4.78, 5) is 21.4. The molecule has 4 aliphatic carbocycles. The van der Waals surface area contributed by atoms with E-state index in [1.54, 1.807) is 6.33 Å². The zero-order valence-corrected chi connectivity index (χ0v) is 16.0. The van der Waals surface area contributed by atoms with Gasteiger partial charge in [-0.3, -0.25) is 4.79 Å². The molecule has 0 aromatic carbocycles. The van der Waals surface area contributed by atoms with Gasteiger partial charge in [-0.25, -0.2) is 14.6 Å². The van der Waals surface area contributed by atoms with Gasteiger partial charge in [-0.05, 0) is 50.4 Å². The summed E-state index contributed by atoms with van der Waals surface area (Å²) in [6.45, 7) is 2.80. The summed E-state index contributed by atoms with van der Waals surface area (Å²) in [6, 6.07) is 0. The fraction of sp³-hybridized carbons (Fsp3) is 0.700. The van der Waals surface area contributed by atoms with E-state index in [0.29, 0.717) is 24.8 Å². The molecule has 1 N–H and O–H groups in total. The van der Waals surface area contributed by atoms with E-state index in [-0.39, 0.29) is 17.0 Å². The van der Waals surface area contributed by atoms with Crippen LogP contribution in [0.4, 0.5) is 0 Å². The second-order valence-corrected chi connectivity index (χ2v) is 8.99. The van der Waals surface area contributed by atoms with E-state index in [1.807, 2.05) is 18.7 Å². The highest BCUT2D eigenvalue weighted by Gasteiger charge is 2.59. The van der Waals surface area contributed by atoms with Crippen molar-refractivity contribution in [1.82, 2.24) is 29.6 Å². The summed E-state index contributed by atoms with van der Waals surface area (Å²) in [6.07, 6.45) is 15.6. The lowest BCUT2D eigenvalue weighted by atomic mass is 9.50. The first kappa shape index (κ1) is 17.0. The highest BCUT2D eigenvalue weighted by atomic mass is 16.1. The van der Waals surface area contributed by atoms with Gasteiger partial charge in [-0.2, -0.15) is 5.10 Å². The van der Waals surface area contributed by atoms with Crippen LogP contribution in [0.5, 0.6) is 0 Å². The highest BCUT2D eigenvalue weighted by Crippen LogP contribution is 2.60. The number of carbonyl (C=O) groups is 1. The predicted molar refractivity (Wildman–Crippen MR) is 99.8 cm³/mol. The minimum atomic E-state index is -0.0599. The molecule has 7 heteroatoms. The molecule has 0 spiro atoms.